The second kappa shape index (κ2) is 11.5. The average Bonchev–Trinajstić information content (AvgIpc) is 3.87. The lowest BCUT2D eigenvalue weighted by Crippen LogP contribution is -2.10. The summed E-state index contributed by atoms with van der Waals surface area (Å²) in [6, 6.07) is 68.2. The van der Waals surface area contributed by atoms with Gasteiger partial charge in [0.05, 0.1) is 26.8 Å². The maximum Gasteiger partial charge on any atom is 0.0719 e. The molecule has 3 heterocycles. The standard InChI is InChI=1S/C48H31N3S/c1-2-12-32(13-3-1)49(33-22-26-35(27-23-33)50-43-18-8-4-14-37(43)38-15-5-9-19-44(38)50)34-24-28-36(29-25-34)51-45-20-10-6-16-39(45)41-30-31-42-40-17-7-11-21-46(40)52-48(42)47(41)51/h1-31H. The number of anilines is 3. The Hall–Kier alpha value is -6.62. The Balaban J connectivity index is 1.05. The van der Waals surface area contributed by atoms with Gasteiger partial charge in [0.25, 0.3) is 0 Å². The van der Waals surface area contributed by atoms with E-state index in [2.05, 4.69) is 202 Å². The lowest BCUT2D eigenvalue weighted by atomic mass is 10.1. The van der Waals surface area contributed by atoms with Crippen LogP contribution in [0.1, 0.15) is 0 Å². The number of aromatic nitrogens is 2. The van der Waals surface area contributed by atoms with Crippen molar-refractivity contribution in [1.82, 2.24) is 9.13 Å². The molecule has 11 rings (SSSR count). The van der Waals surface area contributed by atoms with Gasteiger partial charge in [0.1, 0.15) is 0 Å². The molecular formula is C48H31N3S. The van der Waals surface area contributed by atoms with Crippen LogP contribution < -0.4 is 4.90 Å². The zero-order valence-corrected chi connectivity index (χ0v) is 29.0. The molecule has 0 saturated heterocycles. The molecule has 3 nitrogen and oxygen atoms in total. The van der Waals surface area contributed by atoms with Crippen LogP contribution >= 0.6 is 11.3 Å². The smallest absolute Gasteiger partial charge is 0.0719 e. The normalized spacial score (nSPS) is 11.8. The van der Waals surface area contributed by atoms with Gasteiger partial charge in [-0.25, -0.2) is 0 Å². The van der Waals surface area contributed by atoms with Crippen LogP contribution in [-0.4, -0.2) is 9.13 Å². The maximum atomic E-state index is 2.46. The molecule has 0 aliphatic heterocycles. The first-order valence-electron chi connectivity index (χ1n) is 17.7. The van der Waals surface area contributed by atoms with Gasteiger partial charge in [0.2, 0.25) is 0 Å². The Kier molecular flexibility index (Phi) is 6.42. The number of para-hydroxylation sites is 4. The fourth-order valence-electron chi connectivity index (χ4n) is 8.23. The molecule has 0 spiro atoms. The zero-order chi connectivity index (χ0) is 34.2. The summed E-state index contributed by atoms with van der Waals surface area (Å²) in [5.41, 5.74) is 10.5. The molecule has 0 saturated carbocycles. The van der Waals surface area contributed by atoms with E-state index in [1.54, 1.807) is 0 Å². The van der Waals surface area contributed by atoms with Crippen molar-refractivity contribution in [2.45, 2.75) is 0 Å². The number of rotatable bonds is 5. The van der Waals surface area contributed by atoms with Crippen molar-refractivity contribution in [3.8, 4) is 11.4 Å². The molecule has 11 aromatic rings. The molecule has 0 bridgehead atoms. The van der Waals surface area contributed by atoms with E-state index in [1.165, 1.54) is 63.8 Å². The summed E-state index contributed by atoms with van der Waals surface area (Å²) < 4.78 is 7.47. The highest BCUT2D eigenvalue weighted by Crippen LogP contribution is 2.44. The second-order valence-corrected chi connectivity index (χ2v) is 14.4. The number of hydrogen-bond donors (Lipinski definition) is 0. The molecule has 52 heavy (non-hydrogen) atoms. The summed E-state index contributed by atoms with van der Waals surface area (Å²) in [4.78, 5) is 2.34. The van der Waals surface area contributed by atoms with Crippen LogP contribution in [-0.2, 0) is 0 Å². The van der Waals surface area contributed by atoms with Gasteiger partial charge in [0, 0.05) is 65.5 Å². The minimum absolute atomic E-state index is 1.10. The van der Waals surface area contributed by atoms with Crippen molar-refractivity contribution < 1.29 is 0 Å². The summed E-state index contributed by atoms with van der Waals surface area (Å²) in [5.74, 6) is 0. The molecular weight excluding hydrogens is 651 g/mol. The van der Waals surface area contributed by atoms with Crippen molar-refractivity contribution in [2.24, 2.45) is 0 Å². The third kappa shape index (κ3) is 4.31. The Morgan fingerprint density at radius 3 is 1.38 bits per heavy atom. The van der Waals surface area contributed by atoms with Gasteiger partial charge in [0.15, 0.2) is 0 Å². The van der Waals surface area contributed by atoms with Crippen LogP contribution in [0.3, 0.4) is 0 Å². The summed E-state index contributed by atoms with van der Waals surface area (Å²) in [5, 5.41) is 7.73. The molecule has 0 aliphatic carbocycles. The van der Waals surface area contributed by atoms with Crippen molar-refractivity contribution in [1.29, 1.82) is 0 Å². The minimum Gasteiger partial charge on any atom is -0.311 e. The van der Waals surface area contributed by atoms with Gasteiger partial charge in [-0.2, -0.15) is 0 Å². The Bertz CT molecular complexity index is 3060. The molecule has 4 heteroatoms. The third-order valence-electron chi connectivity index (χ3n) is 10.5. The first-order valence-corrected chi connectivity index (χ1v) is 18.5. The fraction of sp³-hybridized carbons (Fsp3) is 0. The molecule has 0 aliphatic rings. The van der Waals surface area contributed by atoms with Crippen LogP contribution in [0.25, 0.3) is 75.2 Å². The summed E-state index contributed by atoms with van der Waals surface area (Å²) in [6.45, 7) is 0. The van der Waals surface area contributed by atoms with Gasteiger partial charge in [-0.3, -0.25) is 0 Å². The highest BCUT2D eigenvalue weighted by atomic mass is 32.1. The van der Waals surface area contributed by atoms with Gasteiger partial charge in [-0.05, 0) is 84.9 Å². The topological polar surface area (TPSA) is 13.1 Å². The number of thiophene rings is 1. The van der Waals surface area contributed by atoms with E-state index in [0.29, 0.717) is 0 Å². The molecule has 8 aromatic carbocycles. The molecule has 3 aromatic heterocycles. The predicted octanol–water partition coefficient (Wildman–Crippen LogP) is 13.7. The molecule has 0 radical (unpaired) electrons. The van der Waals surface area contributed by atoms with E-state index in [4.69, 9.17) is 0 Å². The third-order valence-corrected chi connectivity index (χ3v) is 11.7. The van der Waals surface area contributed by atoms with Gasteiger partial charge in [-0.15, -0.1) is 11.3 Å². The summed E-state index contributed by atoms with van der Waals surface area (Å²) in [6.07, 6.45) is 0. The first kappa shape index (κ1) is 29.1. The fourth-order valence-corrected chi connectivity index (χ4v) is 9.47. The Morgan fingerprint density at radius 1 is 0.327 bits per heavy atom. The molecule has 0 fully saturated rings. The van der Waals surface area contributed by atoms with Gasteiger partial charge in [-0.1, -0.05) is 103 Å². The number of fused-ring (bicyclic) bond motifs is 10. The SMILES string of the molecule is c1ccc(N(c2ccc(-n3c4ccccc4c4ccccc43)cc2)c2ccc(-n3c4ccccc4c4ccc5c6ccccc6sc5c43)cc2)cc1. The zero-order valence-electron chi connectivity index (χ0n) is 28.1. The van der Waals surface area contributed by atoms with E-state index in [-0.39, 0.29) is 0 Å². The number of benzene rings is 8. The van der Waals surface area contributed by atoms with Crippen molar-refractivity contribution in [3.05, 3.63) is 188 Å². The van der Waals surface area contributed by atoms with E-state index in [0.717, 1.165) is 28.4 Å². The molecule has 0 unspecified atom stereocenters. The van der Waals surface area contributed by atoms with Gasteiger partial charge >= 0.3 is 0 Å². The summed E-state index contributed by atoms with van der Waals surface area (Å²) >= 11 is 1.89. The van der Waals surface area contributed by atoms with Crippen LogP contribution in [0.2, 0.25) is 0 Å². The van der Waals surface area contributed by atoms with E-state index < -0.39 is 0 Å². The number of nitrogens with zero attached hydrogens (tertiary/aromatic N) is 3. The lowest BCUT2D eigenvalue weighted by molar-refractivity contribution is 1.17. The van der Waals surface area contributed by atoms with E-state index >= 15 is 0 Å². The highest BCUT2D eigenvalue weighted by Gasteiger charge is 2.19. The van der Waals surface area contributed by atoms with Crippen molar-refractivity contribution >= 4 is 92.2 Å². The molecule has 244 valence electrons. The molecule has 0 atom stereocenters. The largest absolute Gasteiger partial charge is 0.311 e. The van der Waals surface area contributed by atoms with Crippen LogP contribution in [0.5, 0.6) is 0 Å². The van der Waals surface area contributed by atoms with Gasteiger partial charge < -0.3 is 14.0 Å². The number of hydrogen-bond acceptors (Lipinski definition) is 2. The monoisotopic (exact) mass is 681 g/mol. The molecule has 0 amide bonds. The highest BCUT2D eigenvalue weighted by molar-refractivity contribution is 7.26. The second-order valence-electron chi connectivity index (χ2n) is 13.4. The average molecular weight is 682 g/mol. The van der Waals surface area contributed by atoms with E-state index in [9.17, 15) is 0 Å². The van der Waals surface area contributed by atoms with Crippen molar-refractivity contribution in [3.63, 3.8) is 0 Å². The lowest BCUT2D eigenvalue weighted by Gasteiger charge is -2.26. The maximum absolute atomic E-state index is 2.46. The summed E-state index contributed by atoms with van der Waals surface area (Å²) in [7, 11) is 0. The first-order chi connectivity index (χ1) is 25.8. The van der Waals surface area contributed by atoms with Crippen LogP contribution in [0.15, 0.2) is 188 Å². The minimum atomic E-state index is 1.10. The molecule has 0 N–H and O–H groups in total. The Morgan fingerprint density at radius 2 is 0.769 bits per heavy atom. The Labute approximate surface area is 304 Å². The predicted molar refractivity (Wildman–Crippen MR) is 223 cm³/mol. The van der Waals surface area contributed by atoms with Crippen molar-refractivity contribution in [2.75, 3.05) is 4.90 Å². The quantitative estimate of drug-likeness (QED) is 0.176. The van der Waals surface area contributed by atoms with E-state index in [1.807, 2.05) is 11.3 Å². The van der Waals surface area contributed by atoms with Crippen LogP contribution in [0.4, 0.5) is 17.1 Å². The van der Waals surface area contributed by atoms with Crippen LogP contribution in [0, 0.1) is 0 Å².